The minimum Gasteiger partial charge on any atom is -0.376 e. The molecule has 7 heteroatoms. The minimum absolute atomic E-state index is 0.0592. The number of anilines is 1. The second kappa shape index (κ2) is 9.21. The van der Waals surface area contributed by atoms with E-state index in [-0.39, 0.29) is 23.4 Å². The maximum absolute atomic E-state index is 12.3. The monoisotopic (exact) mass is 403 g/mol. The number of nitrogens with zero attached hydrogens (tertiary/aromatic N) is 1. The third kappa shape index (κ3) is 5.33. The highest BCUT2D eigenvalue weighted by Crippen LogP contribution is 2.22. The quantitative estimate of drug-likeness (QED) is 0.710. The molecule has 0 radical (unpaired) electrons. The standard InChI is InChI=1S/C21H29N3O3S/c1-6-17-8-10-18(11-9-17)16(3)23-21(25)14-22-20-13-19(12-7-15(20)2)28(26,27)24(4)5/h7-13,16,22H,6,14H2,1-5H3,(H,23,25). The molecule has 6 nitrogen and oxygen atoms in total. The summed E-state index contributed by atoms with van der Waals surface area (Å²) in [6, 6.07) is 12.9. The van der Waals surface area contributed by atoms with Gasteiger partial charge in [-0.05, 0) is 49.1 Å². The summed E-state index contributed by atoms with van der Waals surface area (Å²) >= 11 is 0. The van der Waals surface area contributed by atoms with Gasteiger partial charge in [-0.25, -0.2) is 12.7 Å². The number of carbonyl (C=O) groups excluding carboxylic acids is 1. The third-order valence-corrected chi connectivity index (χ3v) is 6.50. The number of hydrogen-bond acceptors (Lipinski definition) is 4. The molecule has 1 amide bonds. The normalized spacial score (nSPS) is 12.6. The molecule has 0 bridgehead atoms. The van der Waals surface area contributed by atoms with Crippen LogP contribution in [0, 0.1) is 6.92 Å². The Labute approximate surface area is 168 Å². The van der Waals surface area contributed by atoms with E-state index in [4.69, 9.17) is 0 Å². The van der Waals surface area contributed by atoms with Crippen molar-refractivity contribution in [3.05, 3.63) is 59.2 Å². The zero-order valence-corrected chi connectivity index (χ0v) is 17.9. The zero-order valence-electron chi connectivity index (χ0n) is 17.1. The third-order valence-electron chi connectivity index (χ3n) is 4.69. The van der Waals surface area contributed by atoms with Gasteiger partial charge in [-0.15, -0.1) is 0 Å². The van der Waals surface area contributed by atoms with Crippen LogP contribution >= 0.6 is 0 Å². The molecule has 1 unspecified atom stereocenters. The molecule has 2 aromatic carbocycles. The Balaban J connectivity index is 2.02. The van der Waals surface area contributed by atoms with E-state index in [0.29, 0.717) is 5.69 Å². The van der Waals surface area contributed by atoms with Crippen LogP contribution in [0.4, 0.5) is 5.69 Å². The van der Waals surface area contributed by atoms with Gasteiger partial charge in [-0.2, -0.15) is 0 Å². The average molecular weight is 404 g/mol. The highest BCUT2D eigenvalue weighted by atomic mass is 32.2. The van der Waals surface area contributed by atoms with Gasteiger partial charge in [0.15, 0.2) is 0 Å². The van der Waals surface area contributed by atoms with E-state index in [0.717, 1.165) is 17.5 Å². The molecule has 0 aliphatic carbocycles. The predicted octanol–water partition coefficient (Wildman–Crippen LogP) is 3.10. The van der Waals surface area contributed by atoms with Crippen molar-refractivity contribution in [1.82, 2.24) is 9.62 Å². The van der Waals surface area contributed by atoms with Gasteiger partial charge in [-0.3, -0.25) is 4.79 Å². The Hall–Kier alpha value is -2.38. The molecule has 0 saturated carbocycles. The van der Waals surface area contributed by atoms with Gasteiger partial charge in [0, 0.05) is 19.8 Å². The number of benzene rings is 2. The van der Waals surface area contributed by atoms with E-state index in [9.17, 15) is 13.2 Å². The summed E-state index contributed by atoms with van der Waals surface area (Å²) in [5.74, 6) is -0.160. The van der Waals surface area contributed by atoms with Crippen LogP contribution in [0.25, 0.3) is 0 Å². The smallest absolute Gasteiger partial charge is 0.242 e. The number of amides is 1. The molecule has 2 aromatic rings. The van der Waals surface area contributed by atoms with Crippen LogP contribution in [0.15, 0.2) is 47.4 Å². The van der Waals surface area contributed by atoms with Crippen LogP contribution in [-0.2, 0) is 21.2 Å². The summed E-state index contributed by atoms with van der Waals surface area (Å²) in [4.78, 5) is 12.5. The zero-order chi connectivity index (χ0) is 20.9. The molecule has 0 saturated heterocycles. The first-order valence-electron chi connectivity index (χ1n) is 9.30. The highest BCUT2D eigenvalue weighted by Gasteiger charge is 2.18. The van der Waals surface area contributed by atoms with Crippen LogP contribution in [0.3, 0.4) is 0 Å². The molecule has 2 rings (SSSR count). The second-order valence-electron chi connectivity index (χ2n) is 7.00. The van der Waals surface area contributed by atoms with E-state index >= 15 is 0 Å². The molecule has 2 N–H and O–H groups in total. The van der Waals surface area contributed by atoms with Crippen LogP contribution in [0.1, 0.15) is 36.6 Å². The van der Waals surface area contributed by atoms with E-state index in [1.807, 2.05) is 26.0 Å². The average Bonchev–Trinajstić information content (AvgIpc) is 2.67. The van der Waals surface area contributed by atoms with Crippen molar-refractivity contribution in [2.45, 2.75) is 38.1 Å². The number of rotatable bonds is 8. The predicted molar refractivity (Wildman–Crippen MR) is 113 cm³/mol. The largest absolute Gasteiger partial charge is 0.376 e. The van der Waals surface area contributed by atoms with Crippen molar-refractivity contribution in [1.29, 1.82) is 0 Å². The first-order valence-corrected chi connectivity index (χ1v) is 10.7. The topological polar surface area (TPSA) is 78.5 Å². The number of aryl methyl sites for hydroxylation is 2. The molecular weight excluding hydrogens is 374 g/mol. The second-order valence-corrected chi connectivity index (χ2v) is 9.15. The van der Waals surface area contributed by atoms with Crippen molar-refractivity contribution in [2.75, 3.05) is 26.0 Å². The molecule has 0 aliphatic heterocycles. The van der Waals surface area contributed by atoms with Crippen molar-refractivity contribution in [3.8, 4) is 0 Å². The molecule has 0 fully saturated rings. The molecule has 0 spiro atoms. The fourth-order valence-electron chi connectivity index (χ4n) is 2.76. The lowest BCUT2D eigenvalue weighted by atomic mass is 10.1. The number of carbonyl (C=O) groups is 1. The summed E-state index contributed by atoms with van der Waals surface area (Å²) in [7, 11) is -0.542. The Bertz CT molecular complexity index is 922. The van der Waals surface area contributed by atoms with Gasteiger partial charge >= 0.3 is 0 Å². The molecule has 1 atom stereocenters. The Morgan fingerprint density at radius 2 is 1.75 bits per heavy atom. The summed E-state index contributed by atoms with van der Waals surface area (Å²) < 4.78 is 25.8. The molecule has 152 valence electrons. The van der Waals surface area contributed by atoms with Crippen LogP contribution in [0.5, 0.6) is 0 Å². The van der Waals surface area contributed by atoms with Gasteiger partial charge in [0.25, 0.3) is 0 Å². The van der Waals surface area contributed by atoms with Crippen LogP contribution < -0.4 is 10.6 Å². The lowest BCUT2D eigenvalue weighted by Gasteiger charge is -2.17. The van der Waals surface area contributed by atoms with Gasteiger partial charge < -0.3 is 10.6 Å². The lowest BCUT2D eigenvalue weighted by Crippen LogP contribution is -2.32. The summed E-state index contributed by atoms with van der Waals surface area (Å²) in [6.45, 7) is 5.97. The van der Waals surface area contributed by atoms with Crippen molar-refractivity contribution >= 4 is 21.6 Å². The van der Waals surface area contributed by atoms with Gasteiger partial charge in [0.2, 0.25) is 15.9 Å². The number of hydrogen-bond donors (Lipinski definition) is 2. The lowest BCUT2D eigenvalue weighted by molar-refractivity contribution is -0.120. The molecule has 28 heavy (non-hydrogen) atoms. The Kier molecular flexibility index (Phi) is 7.21. The van der Waals surface area contributed by atoms with Crippen molar-refractivity contribution in [3.63, 3.8) is 0 Å². The molecule has 0 heterocycles. The Morgan fingerprint density at radius 1 is 1.11 bits per heavy atom. The van der Waals surface area contributed by atoms with E-state index in [1.165, 1.54) is 24.0 Å². The summed E-state index contributed by atoms with van der Waals surface area (Å²) in [6.07, 6.45) is 0.979. The van der Waals surface area contributed by atoms with Crippen LogP contribution in [0.2, 0.25) is 0 Å². The van der Waals surface area contributed by atoms with E-state index in [2.05, 4.69) is 29.7 Å². The van der Waals surface area contributed by atoms with Gasteiger partial charge in [0.05, 0.1) is 17.5 Å². The number of sulfonamides is 1. The molecule has 0 aromatic heterocycles. The van der Waals surface area contributed by atoms with E-state index in [1.54, 1.807) is 18.2 Å². The first-order chi connectivity index (χ1) is 13.1. The van der Waals surface area contributed by atoms with Crippen LogP contribution in [-0.4, -0.2) is 39.3 Å². The minimum atomic E-state index is -3.52. The Morgan fingerprint density at radius 3 is 2.32 bits per heavy atom. The maximum Gasteiger partial charge on any atom is 0.242 e. The maximum atomic E-state index is 12.3. The van der Waals surface area contributed by atoms with Crippen molar-refractivity contribution in [2.24, 2.45) is 0 Å². The van der Waals surface area contributed by atoms with E-state index < -0.39 is 10.0 Å². The fourth-order valence-corrected chi connectivity index (χ4v) is 3.68. The molecule has 0 aliphatic rings. The van der Waals surface area contributed by atoms with Gasteiger partial charge in [-0.1, -0.05) is 37.3 Å². The summed E-state index contributed by atoms with van der Waals surface area (Å²) in [5, 5.41) is 6.00. The highest BCUT2D eigenvalue weighted by molar-refractivity contribution is 7.89. The number of nitrogens with one attached hydrogen (secondary N) is 2. The molecular formula is C21H29N3O3S. The van der Waals surface area contributed by atoms with Gasteiger partial charge in [0.1, 0.15) is 0 Å². The van der Waals surface area contributed by atoms with Crippen molar-refractivity contribution < 1.29 is 13.2 Å². The SMILES string of the molecule is CCc1ccc(C(C)NC(=O)CNc2cc(S(=O)(=O)N(C)C)ccc2C)cc1. The first kappa shape index (κ1) is 21.9. The summed E-state index contributed by atoms with van der Waals surface area (Å²) in [5.41, 5.74) is 3.79. The fraction of sp³-hybridized carbons (Fsp3) is 0.381.